The number of likely N-dealkylation sites (N-methyl/N-ethyl adjacent to an activating group) is 2. The number of carbonyl (C=O) groups is 2. The summed E-state index contributed by atoms with van der Waals surface area (Å²) in [5.41, 5.74) is 2.11. The molecule has 1 atom stereocenters. The van der Waals surface area contributed by atoms with E-state index >= 15 is 0 Å². The van der Waals surface area contributed by atoms with Crippen molar-refractivity contribution in [2.45, 2.75) is 33.4 Å². The van der Waals surface area contributed by atoms with Gasteiger partial charge < -0.3 is 0 Å². The van der Waals surface area contributed by atoms with E-state index in [0.29, 0.717) is 5.84 Å². The quantitative estimate of drug-likeness (QED) is 0.702. The second kappa shape index (κ2) is 3.91. The zero-order valence-corrected chi connectivity index (χ0v) is 12.3. The van der Waals surface area contributed by atoms with Crippen LogP contribution in [0.15, 0.2) is 4.99 Å². The fraction of sp³-hybridized carbons (Fsp3) is 0.538. The molecule has 1 saturated heterocycles. The summed E-state index contributed by atoms with van der Waals surface area (Å²) >= 11 is 0. The van der Waals surface area contributed by atoms with Crippen molar-refractivity contribution < 1.29 is 14.2 Å². The molecule has 1 unspecified atom stereocenters. The number of urea groups is 1. The Morgan fingerprint density at radius 3 is 2.45 bits per heavy atom. The lowest BCUT2D eigenvalue weighted by Gasteiger charge is -2.30. The van der Waals surface area contributed by atoms with Gasteiger partial charge in [0, 0.05) is 14.1 Å². The second-order valence-corrected chi connectivity index (χ2v) is 5.20. The number of aliphatic imine (C=N–C) groups is 1. The van der Waals surface area contributed by atoms with Crippen molar-refractivity contribution in [3.63, 3.8) is 0 Å². The van der Waals surface area contributed by atoms with Crippen LogP contribution in [0.5, 0.6) is 0 Å². The normalized spacial score (nSPS) is 21.2. The van der Waals surface area contributed by atoms with Crippen molar-refractivity contribution in [2.24, 2.45) is 4.99 Å². The Bertz CT molecular complexity index is 673. The maximum absolute atomic E-state index is 12.5. The van der Waals surface area contributed by atoms with Gasteiger partial charge in [-0.1, -0.05) is 4.99 Å². The molecule has 0 radical (unpaired) electrons. The molecule has 0 saturated carbocycles. The molecule has 20 heavy (non-hydrogen) atoms. The SMILES string of the molecule is CC[n+]1c(C)c(C)n2c1N=C1C2C(=O)N(C)C(=O)N1C. The van der Waals surface area contributed by atoms with Gasteiger partial charge in [0.1, 0.15) is 11.4 Å². The van der Waals surface area contributed by atoms with Gasteiger partial charge >= 0.3 is 12.0 Å². The summed E-state index contributed by atoms with van der Waals surface area (Å²) in [6, 6.07) is -0.864. The maximum atomic E-state index is 12.5. The van der Waals surface area contributed by atoms with Crippen molar-refractivity contribution in [2.75, 3.05) is 14.1 Å². The van der Waals surface area contributed by atoms with Crippen LogP contribution in [0, 0.1) is 13.8 Å². The minimum absolute atomic E-state index is 0.230. The molecule has 0 spiro atoms. The van der Waals surface area contributed by atoms with Crippen LogP contribution in [0.25, 0.3) is 0 Å². The lowest BCUT2D eigenvalue weighted by Crippen LogP contribution is -2.56. The highest BCUT2D eigenvalue weighted by atomic mass is 16.2. The van der Waals surface area contributed by atoms with Crippen LogP contribution < -0.4 is 4.57 Å². The molecule has 0 aromatic carbocycles. The van der Waals surface area contributed by atoms with E-state index < -0.39 is 6.04 Å². The molecule has 2 aliphatic heterocycles. The number of imide groups is 1. The predicted octanol–water partition coefficient (Wildman–Crippen LogP) is 0.521. The molecule has 2 aliphatic rings. The fourth-order valence-corrected chi connectivity index (χ4v) is 2.96. The Morgan fingerprint density at radius 1 is 1.20 bits per heavy atom. The van der Waals surface area contributed by atoms with Crippen LogP contribution in [0.1, 0.15) is 24.4 Å². The van der Waals surface area contributed by atoms with Gasteiger partial charge in [0.2, 0.25) is 11.9 Å². The van der Waals surface area contributed by atoms with Crippen molar-refractivity contribution >= 4 is 23.7 Å². The molecule has 3 heterocycles. The Kier molecular flexibility index (Phi) is 2.51. The molecule has 3 amide bonds. The summed E-state index contributed by atoms with van der Waals surface area (Å²) in [4.78, 5) is 31.6. The monoisotopic (exact) mass is 276 g/mol. The number of hydrogen-bond acceptors (Lipinski definition) is 3. The van der Waals surface area contributed by atoms with Crippen LogP contribution >= 0.6 is 0 Å². The summed E-state index contributed by atoms with van der Waals surface area (Å²) in [6.07, 6.45) is 0. The van der Waals surface area contributed by atoms with E-state index in [1.54, 1.807) is 7.05 Å². The minimum Gasteiger partial charge on any atom is -0.270 e. The van der Waals surface area contributed by atoms with Gasteiger partial charge in [-0.05, 0) is 20.8 Å². The molecule has 0 N–H and O–H groups in total. The van der Waals surface area contributed by atoms with E-state index in [1.165, 1.54) is 11.9 Å². The van der Waals surface area contributed by atoms with Crippen LogP contribution in [0.2, 0.25) is 0 Å². The number of nitrogens with zero attached hydrogens (tertiary/aromatic N) is 5. The Hall–Kier alpha value is -2.18. The Labute approximate surface area is 117 Å². The van der Waals surface area contributed by atoms with E-state index in [-0.39, 0.29) is 11.9 Å². The molecular weight excluding hydrogens is 258 g/mol. The molecule has 0 bridgehead atoms. The summed E-state index contributed by atoms with van der Waals surface area (Å²) in [5.74, 6) is 1.02. The second-order valence-electron chi connectivity index (χ2n) is 5.20. The van der Waals surface area contributed by atoms with E-state index in [0.717, 1.165) is 28.8 Å². The first kappa shape index (κ1) is 12.8. The first-order valence-corrected chi connectivity index (χ1v) is 6.65. The average molecular weight is 276 g/mol. The Morgan fingerprint density at radius 2 is 1.85 bits per heavy atom. The lowest BCUT2D eigenvalue weighted by molar-refractivity contribution is -0.685. The van der Waals surface area contributed by atoms with Gasteiger partial charge in [0.05, 0.1) is 6.54 Å². The van der Waals surface area contributed by atoms with Crippen molar-refractivity contribution in [3.8, 4) is 0 Å². The number of aromatic nitrogens is 2. The third kappa shape index (κ3) is 1.29. The van der Waals surface area contributed by atoms with Gasteiger partial charge in [0.15, 0.2) is 0 Å². The summed E-state index contributed by atoms with van der Waals surface area (Å²) in [5, 5.41) is 0. The molecular formula is C13H18N5O2+. The smallest absolute Gasteiger partial charge is 0.270 e. The van der Waals surface area contributed by atoms with Crippen molar-refractivity contribution in [3.05, 3.63) is 11.4 Å². The molecule has 7 nitrogen and oxygen atoms in total. The van der Waals surface area contributed by atoms with Gasteiger partial charge in [-0.2, -0.15) is 0 Å². The van der Waals surface area contributed by atoms with Crippen molar-refractivity contribution in [1.82, 2.24) is 14.4 Å². The lowest BCUT2D eigenvalue weighted by atomic mass is 10.1. The van der Waals surface area contributed by atoms with E-state index in [4.69, 9.17) is 0 Å². The molecule has 1 aromatic rings. The number of rotatable bonds is 1. The Balaban J connectivity index is 2.25. The summed E-state index contributed by atoms with van der Waals surface area (Å²) in [6.45, 7) is 6.82. The minimum atomic E-state index is -0.524. The van der Waals surface area contributed by atoms with Crippen molar-refractivity contribution in [1.29, 1.82) is 0 Å². The van der Waals surface area contributed by atoms with Crippen LogP contribution in [0.3, 0.4) is 0 Å². The molecule has 1 fully saturated rings. The highest BCUT2D eigenvalue weighted by molar-refractivity contribution is 6.20. The topological polar surface area (TPSA) is 61.8 Å². The summed E-state index contributed by atoms with van der Waals surface area (Å²) in [7, 11) is 3.16. The maximum Gasteiger partial charge on any atom is 0.402 e. The first-order chi connectivity index (χ1) is 9.40. The van der Waals surface area contributed by atoms with Gasteiger partial charge in [-0.25, -0.2) is 13.9 Å². The number of amides is 3. The zero-order valence-electron chi connectivity index (χ0n) is 12.3. The van der Waals surface area contributed by atoms with Crippen LogP contribution in [-0.2, 0) is 11.3 Å². The highest BCUT2D eigenvalue weighted by Crippen LogP contribution is 2.34. The predicted molar refractivity (Wildman–Crippen MR) is 71.8 cm³/mol. The molecule has 1 aromatic heterocycles. The van der Waals surface area contributed by atoms with E-state index in [9.17, 15) is 9.59 Å². The highest BCUT2D eigenvalue weighted by Gasteiger charge is 2.52. The molecule has 7 heteroatoms. The molecule has 3 rings (SSSR count). The number of fused-ring (bicyclic) bond motifs is 3. The summed E-state index contributed by atoms with van der Waals surface area (Å²) < 4.78 is 3.99. The van der Waals surface area contributed by atoms with E-state index in [1.807, 2.05) is 25.3 Å². The fourth-order valence-electron chi connectivity index (χ4n) is 2.96. The third-order valence-corrected chi connectivity index (χ3v) is 4.26. The molecule has 0 aliphatic carbocycles. The first-order valence-electron chi connectivity index (χ1n) is 6.65. The van der Waals surface area contributed by atoms with Gasteiger partial charge in [0.25, 0.3) is 5.91 Å². The standard InChI is InChI=1S/C13H18N5O2/c1-6-17-7(2)8(3)18-9-10(14-12(17)18)15(4)13(20)16(5)11(9)19/h9H,6H2,1-5H3/q+1. The third-order valence-electron chi connectivity index (χ3n) is 4.26. The zero-order chi connectivity index (χ0) is 14.8. The van der Waals surface area contributed by atoms with Crippen LogP contribution in [0.4, 0.5) is 10.7 Å². The largest absolute Gasteiger partial charge is 0.402 e. The van der Waals surface area contributed by atoms with E-state index in [2.05, 4.69) is 9.56 Å². The number of amidine groups is 1. The number of hydrogen-bond donors (Lipinski definition) is 0. The number of imidazole rings is 1. The number of carbonyl (C=O) groups excluding carboxylic acids is 2. The van der Waals surface area contributed by atoms with Gasteiger partial charge in [-0.3, -0.25) is 14.6 Å². The van der Waals surface area contributed by atoms with Gasteiger partial charge in [-0.15, -0.1) is 0 Å². The average Bonchev–Trinajstić information content (AvgIpc) is 2.92. The molecule has 106 valence electrons. The van der Waals surface area contributed by atoms with Crippen LogP contribution in [-0.4, -0.2) is 46.2 Å².